The van der Waals surface area contributed by atoms with Gasteiger partial charge in [0.1, 0.15) is 5.69 Å². The molecule has 0 aliphatic carbocycles. The van der Waals surface area contributed by atoms with Crippen LogP contribution in [0, 0.1) is 0 Å². The lowest BCUT2D eigenvalue weighted by molar-refractivity contribution is 0.221. The van der Waals surface area contributed by atoms with Crippen molar-refractivity contribution in [2.24, 2.45) is 0 Å². The van der Waals surface area contributed by atoms with Gasteiger partial charge in [-0.25, -0.2) is 4.98 Å². The third-order valence-corrected chi connectivity index (χ3v) is 7.78. The van der Waals surface area contributed by atoms with Gasteiger partial charge >= 0.3 is 0 Å². The SMILES string of the molecule is CCc1cc(CN2CCCCC2)cc(-c2ccc3[nH]nc(-c4nc5c(-c6ccoc6)cccc5[nH]4)c3c2)c1. The molecule has 0 amide bonds. The van der Waals surface area contributed by atoms with E-state index >= 15 is 0 Å². The van der Waals surface area contributed by atoms with Gasteiger partial charge in [0.25, 0.3) is 0 Å². The number of aryl methyl sites for hydroxylation is 1. The molecular weight excluding hydrogens is 470 g/mol. The van der Waals surface area contributed by atoms with Crippen LogP contribution in [0.15, 0.2) is 77.6 Å². The molecule has 0 spiro atoms. The molecule has 6 nitrogen and oxygen atoms in total. The minimum absolute atomic E-state index is 0.757. The predicted octanol–water partition coefficient (Wildman–Crippen LogP) is 7.58. The van der Waals surface area contributed by atoms with Crippen molar-refractivity contribution in [1.29, 1.82) is 0 Å². The zero-order valence-electron chi connectivity index (χ0n) is 21.6. The molecule has 1 fully saturated rings. The summed E-state index contributed by atoms with van der Waals surface area (Å²) in [4.78, 5) is 11.1. The number of rotatable bonds is 6. The highest BCUT2D eigenvalue weighted by atomic mass is 16.3. The maximum atomic E-state index is 5.32. The lowest BCUT2D eigenvalue weighted by atomic mass is 9.97. The van der Waals surface area contributed by atoms with Crippen LogP contribution in [0.4, 0.5) is 0 Å². The average Bonchev–Trinajstić information content (AvgIpc) is 3.72. The third-order valence-electron chi connectivity index (χ3n) is 7.78. The molecule has 0 unspecified atom stereocenters. The highest BCUT2D eigenvalue weighted by Gasteiger charge is 2.17. The Hall–Kier alpha value is -4.16. The van der Waals surface area contributed by atoms with E-state index in [1.54, 1.807) is 12.5 Å². The zero-order valence-corrected chi connectivity index (χ0v) is 21.6. The molecule has 3 aromatic carbocycles. The smallest absolute Gasteiger partial charge is 0.159 e. The first-order chi connectivity index (χ1) is 18.7. The molecule has 0 radical (unpaired) electrons. The molecule has 6 aromatic rings. The number of nitrogens with zero attached hydrogens (tertiary/aromatic N) is 3. The Kier molecular flexibility index (Phi) is 5.82. The van der Waals surface area contributed by atoms with E-state index in [4.69, 9.17) is 9.40 Å². The van der Waals surface area contributed by atoms with Gasteiger partial charge in [0.05, 0.1) is 29.1 Å². The Morgan fingerprint density at radius 3 is 2.61 bits per heavy atom. The number of H-pyrrole nitrogens is 2. The van der Waals surface area contributed by atoms with Crippen molar-refractivity contribution in [2.45, 2.75) is 39.2 Å². The molecule has 1 aliphatic rings. The van der Waals surface area contributed by atoms with Gasteiger partial charge in [-0.1, -0.05) is 43.7 Å². The van der Waals surface area contributed by atoms with Crippen molar-refractivity contribution in [3.05, 3.63) is 84.3 Å². The van der Waals surface area contributed by atoms with Gasteiger partial charge in [-0.3, -0.25) is 10.00 Å². The quantitative estimate of drug-likeness (QED) is 0.247. The summed E-state index contributed by atoms with van der Waals surface area (Å²) in [6, 6.07) is 21.8. The van der Waals surface area contributed by atoms with E-state index in [-0.39, 0.29) is 0 Å². The van der Waals surface area contributed by atoms with E-state index in [9.17, 15) is 0 Å². The number of aromatic amines is 2. The summed E-state index contributed by atoms with van der Waals surface area (Å²) in [5.41, 5.74) is 11.0. The second-order valence-corrected chi connectivity index (χ2v) is 10.4. The zero-order chi connectivity index (χ0) is 25.5. The molecule has 7 rings (SSSR count). The van der Waals surface area contributed by atoms with E-state index in [1.165, 1.54) is 54.6 Å². The highest BCUT2D eigenvalue weighted by molar-refractivity contribution is 5.98. The Labute approximate surface area is 221 Å². The van der Waals surface area contributed by atoms with Crippen LogP contribution in [0.3, 0.4) is 0 Å². The number of imidazole rings is 1. The number of piperidine rings is 1. The monoisotopic (exact) mass is 501 g/mol. The number of benzene rings is 3. The Bertz CT molecular complexity index is 1720. The first kappa shape index (κ1) is 23.0. The molecule has 0 saturated carbocycles. The largest absolute Gasteiger partial charge is 0.472 e. The van der Waals surface area contributed by atoms with Crippen LogP contribution in [-0.4, -0.2) is 38.2 Å². The van der Waals surface area contributed by atoms with E-state index in [0.717, 1.165) is 57.5 Å². The molecule has 190 valence electrons. The van der Waals surface area contributed by atoms with Crippen molar-refractivity contribution in [3.63, 3.8) is 0 Å². The molecule has 38 heavy (non-hydrogen) atoms. The van der Waals surface area contributed by atoms with Gasteiger partial charge in [0.2, 0.25) is 0 Å². The number of nitrogens with one attached hydrogen (secondary N) is 2. The van der Waals surface area contributed by atoms with E-state index in [0.29, 0.717) is 0 Å². The topological polar surface area (TPSA) is 73.7 Å². The van der Waals surface area contributed by atoms with Gasteiger partial charge in [-0.15, -0.1) is 0 Å². The minimum Gasteiger partial charge on any atom is -0.472 e. The van der Waals surface area contributed by atoms with E-state index < -0.39 is 0 Å². The van der Waals surface area contributed by atoms with Gasteiger partial charge in [0, 0.05) is 23.1 Å². The fourth-order valence-corrected chi connectivity index (χ4v) is 5.77. The second-order valence-electron chi connectivity index (χ2n) is 10.4. The third kappa shape index (κ3) is 4.21. The second kappa shape index (κ2) is 9.62. The van der Waals surface area contributed by atoms with E-state index in [2.05, 4.69) is 75.5 Å². The van der Waals surface area contributed by atoms with Crippen LogP contribution in [-0.2, 0) is 13.0 Å². The summed E-state index contributed by atoms with van der Waals surface area (Å²) < 4.78 is 5.32. The van der Waals surface area contributed by atoms with Gasteiger partial charge in [-0.05, 0) is 84.9 Å². The number of hydrogen-bond donors (Lipinski definition) is 2. The van der Waals surface area contributed by atoms with E-state index in [1.807, 2.05) is 12.1 Å². The van der Waals surface area contributed by atoms with Gasteiger partial charge in [-0.2, -0.15) is 5.10 Å². The summed E-state index contributed by atoms with van der Waals surface area (Å²) in [6.07, 6.45) is 8.45. The van der Waals surface area contributed by atoms with Gasteiger partial charge < -0.3 is 9.40 Å². The summed E-state index contributed by atoms with van der Waals surface area (Å²) >= 11 is 0. The molecule has 4 heterocycles. The van der Waals surface area contributed by atoms with Crippen LogP contribution in [0.2, 0.25) is 0 Å². The van der Waals surface area contributed by atoms with Crippen LogP contribution in [0.25, 0.3) is 55.7 Å². The maximum Gasteiger partial charge on any atom is 0.159 e. The Morgan fingerprint density at radius 2 is 1.76 bits per heavy atom. The van der Waals surface area contributed by atoms with Crippen molar-refractivity contribution in [2.75, 3.05) is 13.1 Å². The molecule has 2 N–H and O–H groups in total. The molecule has 0 bridgehead atoms. The molecule has 3 aromatic heterocycles. The van der Waals surface area contributed by atoms with Crippen LogP contribution in [0.1, 0.15) is 37.3 Å². The fraction of sp³-hybridized carbons (Fsp3) is 0.250. The lowest BCUT2D eigenvalue weighted by Gasteiger charge is -2.26. The average molecular weight is 502 g/mol. The van der Waals surface area contributed by atoms with Crippen LogP contribution >= 0.6 is 0 Å². The first-order valence-electron chi connectivity index (χ1n) is 13.6. The van der Waals surface area contributed by atoms with Crippen LogP contribution < -0.4 is 0 Å². The number of fused-ring (bicyclic) bond motifs is 2. The summed E-state index contributed by atoms with van der Waals surface area (Å²) in [5.74, 6) is 0.757. The Balaban J connectivity index is 1.28. The van der Waals surface area contributed by atoms with Crippen molar-refractivity contribution in [3.8, 4) is 33.8 Å². The highest BCUT2D eigenvalue weighted by Crippen LogP contribution is 2.34. The number of aromatic nitrogens is 4. The number of para-hydroxylation sites is 1. The number of hydrogen-bond acceptors (Lipinski definition) is 4. The predicted molar refractivity (Wildman–Crippen MR) is 153 cm³/mol. The summed E-state index contributed by atoms with van der Waals surface area (Å²) in [5, 5.41) is 8.94. The number of furan rings is 1. The normalized spacial score (nSPS) is 14.6. The number of likely N-dealkylation sites (tertiary alicyclic amines) is 1. The fourth-order valence-electron chi connectivity index (χ4n) is 5.77. The summed E-state index contributed by atoms with van der Waals surface area (Å²) in [6.45, 7) is 5.67. The Morgan fingerprint density at radius 1 is 0.868 bits per heavy atom. The standard InChI is InChI=1S/C32H31N5O/c1-2-21-15-22(19-37-12-4-3-5-13-37)17-25(16-21)23-9-10-28-27(18-23)31(36-35-28)32-33-29-8-6-7-26(30(29)34-32)24-11-14-38-20-24/h6-11,14-18,20H,2-5,12-13,19H2,1H3,(H,33,34)(H,35,36). The maximum absolute atomic E-state index is 5.32. The first-order valence-corrected chi connectivity index (χ1v) is 13.6. The lowest BCUT2D eigenvalue weighted by Crippen LogP contribution is -2.29. The minimum atomic E-state index is 0.757. The molecular formula is C32H31N5O. The van der Waals surface area contributed by atoms with Crippen molar-refractivity contribution in [1.82, 2.24) is 25.1 Å². The van der Waals surface area contributed by atoms with Crippen LogP contribution in [0.5, 0.6) is 0 Å². The molecule has 1 saturated heterocycles. The summed E-state index contributed by atoms with van der Waals surface area (Å²) in [7, 11) is 0. The molecule has 0 atom stereocenters. The molecule has 6 heteroatoms. The van der Waals surface area contributed by atoms with Crippen molar-refractivity contribution >= 4 is 21.9 Å². The van der Waals surface area contributed by atoms with Gasteiger partial charge in [0.15, 0.2) is 5.82 Å². The van der Waals surface area contributed by atoms with Crippen molar-refractivity contribution < 1.29 is 4.42 Å². The molecule has 1 aliphatic heterocycles.